The van der Waals surface area contributed by atoms with Gasteiger partial charge < -0.3 is 0 Å². The molecule has 0 aliphatic carbocycles. The molecular formula is C12H16ClN5. The Morgan fingerprint density at radius 3 is 2.89 bits per heavy atom. The zero-order valence-corrected chi connectivity index (χ0v) is 10.9. The molecule has 0 spiro atoms. The van der Waals surface area contributed by atoms with Gasteiger partial charge in [-0.1, -0.05) is 18.5 Å². The lowest BCUT2D eigenvalue weighted by molar-refractivity contribution is 0.595. The lowest BCUT2D eigenvalue weighted by atomic mass is 10.1. The molecule has 6 heteroatoms. The highest BCUT2D eigenvalue weighted by molar-refractivity contribution is 6.30. The third kappa shape index (κ3) is 2.87. The molecule has 0 aromatic carbocycles. The van der Waals surface area contributed by atoms with Crippen molar-refractivity contribution in [1.29, 1.82) is 0 Å². The van der Waals surface area contributed by atoms with Crippen LogP contribution in [0.15, 0.2) is 30.7 Å². The van der Waals surface area contributed by atoms with Crippen LogP contribution in [0.5, 0.6) is 0 Å². The molecule has 18 heavy (non-hydrogen) atoms. The van der Waals surface area contributed by atoms with E-state index in [0.29, 0.717) is 5.02 Å². The Bertz CT molecular complexity index is 493. The van der Waals surface area contributed by atoms with Crippen LogP contribution in [-0.4, -0.2) is 14.8 Å². The van der Waals surface area contributed by atoms with Crippen molar-refractivity contribution in [3.8, 4) is 0 Å². The highest BCUT2D eigenvalue weighted by Crippen LogP contribution is 2.20. The molecule has 1 atom stereocenters. The molecule has 5 nitrogen and oxygen atoms in total. The van der Waals surface area contributed by atoms with E-state index in [1.54, 1.807) is 18.5 Å². The van der Waals surface area contributed by atoms with E-state index in [2.05, 4.69) is 22.4 Å². The number of aromatic nitrogens is 3. The number of hydrazine groups is 1. The molecule has 96 valence electrons. The van der Waals surface area contributed by atoms with Gasteiger partial charge in [0.05, 0.1) is 23.0 Å². The highest BCUT2D eigenvalue weighted by atomic mass is 35.5. The van der Waals surface area contributed by atoms with Gasteiger partial charge in [0.25, 0.3) is 0 Å². The fourth-order valence-corrected chi connectivity index (χ4v) is 1.90. The van der Waals surface area contributed by atoms with Crippen molar-refractivity contribution in [1.82, 2.24) is 20.2 Å². The van der Waals surface area contributed by atoms with Crippen LogP contribution in [-0.2, 0) is 6.54 Å². The molecule has 0 bridgehead atoms. The van der Waals surface area contributed by atoms with Gasteiger partial charge in [-0.25, -0.2) is 5.43 Å². The maximum Gasteiger partial charge on any atom is 0.0911 e. The monoisotopic (exact) mass is 265 g/mol. The van der Waals surface area contributed by atoms with Gasteiger partial charge in [-0.2, -0.15) is 5.10 Å². The fraction of sp³-hybridized carbons (Fsp3) is 0.333. The van der Waals surface area contributed by atoms with Crippen LogP contribution in [0, 0.1) is 0 Å². The summed E-state index contributed by atoms with van der Waals surface area (Å²) in [4.78, 5) is 4.27. The van der Waals surface area contributed by atoms with Crippen LogP contribution in [0.4, 0.5) is 0 Å². The summed E-state index contributed by atoms with van der Waals surface area (Å²) in [7, 11) is 0. The Morgan fingerprint density at radius 1 is 1.44 bits per heavy atom. The van der Waals surface area contributed by atoms with Crippen molar-refractivity contribution >= 4 is 11.6 Å². The molecule has 0 saturated heterocycles. The van der Waals surface area contributed by atoms with E-state index in [1.165, 1.54) is 0 Å². The quantitative estimate of drug-likeness (QED) is 0.640. The Kier molecular flexibility index (Phi) is 4.30. The van der Waals surface area contributed by atoms with Gasteiger partial charge in [0.15, 0.2) is 0 Å². The van der Waals surface area contributed by atoms with Gasteiger partial charge in [-0.15, -0.1) is 0 Å². The average molecular weight is 266 g/mol. The lowest BCUT2D eigenvalue weighted by Gasteiger charge is -2.13. The first-order chi connectivity index (χ1) is 8.74. The summed E-state index contributed by atoms with van der Waals surface area (Å²) in [5.41, 5.74) is 4.55. The van der Waals surface area contributed by atoms with Crippen LogP contribution < -0.4 is 11.3 Å². The third-order valence-electron chi connectivity index (χ3n) is 2.65. The zero-order chi connectivity index (χ0) is 13.0. The molecule has 2 rings (SSSR count). The van der Waals surface area contributed by atoms with Crippen LogP contribution >= 0.6 is 11.6 Å². The molecule has 2 aromatic heterocycles. The number of halogens is 1. The fourth-order valence-electron chi connectivity index (χ4n) is 1.79. The van der Waals surface area contributed by atoms with Gasteiger partial charge in [-0.05, 0) is 18.6 Å². The van der Waals surface area contributed by atoms with Gasteiger partial charge in [0.1, 0.15) is 0 Å². The molecule has 0 amide bonds. The number of pyridine rings is 1. The summed E-state index contributed by atoms with van der Waals surface area (Å²) in [6, 6.07) is 3.47. The minimum Gasteiger partial charge on any atom is -0.272 e. The second kappa shape index (κ2) is 5.95. The molecular weight excluding hydrogens is 250 g/mol. The topological polar surface area (TPSA) is 68.8 Å². The minimum atomic E-state index is -0.173. The molecule has 0 aliphatic rings. The summed E-state index contributed by atoms with van der Waals surface area (Å²) < 4.78 is 1.90. The van der Waals surface area contributed by atoms with Crippen molar-refractivity contribution in [3.63, 3.8) is 0 Å². The second-order valence-corrected chi connectivity index (χ2v) is 4.47. The zero-order valence-electron chi connectivity index (χ0n) is 10.2. The number of nitrogens with one attached hydrogen (secondary N) is 1. The van der Waals surface area contributed by atoms with E-state index in [1.807, 2.05) is 16.9 Å². The first-order valence-electron chi connectivity index (χ1n) is 5.84. The first-order valence-corrected chi connectivity index (χ1v) is 6.22. The molecule has 2 heterocycles. The van der Waals surface area contributed by atoms with Crippen molar-refractivity contribution in [2.75, 3.05) is 0 Å². The van der Waals surface area contributed by atoms with E-state index >= 15 is 0 Å². The number of rotatable bonds is 5. The molecule has 0 aliphatic heterocycles. The average Bonchev–Trinajstić information content (AvgIpc) is 2.82. The molecule has 1 unspecified atom stereocenters. The number of nitrogens with two attached hydrogens (primary N) is 1. The maximum absolute atomic E-state index is 5.82. The number of aryl methyl sites for hydroxylation is 1. The van der Waals surface area contributed by atoms with Crippen LogP contribution in [0.3, 0.4) is 0 Å². The second-order valence-electron chi connectivity index (χ2n) is 4.04. The predicted octanol–water partition coefficient (Wildman–Crippen LogP) is 1.89. The van der Waals surface area contributed by atoms with E-state index in [-0.39, 0.29) is 6.04 Å². The SMILES string of the molecule is CCCn1cc(C(NN)c2ccc(Cl)cn2)cn1. The van der Waals surface area contributed by atoms with Crippen molar-refractivity contribution < 1.29 is 0 Å². The predicted molar refractivity (Wildman–Crippen MR) is 70.9 cm³/mol. The molecule has 0 radical (unpaired) electrons. The van der Waals surface area contributed by atoms with Crippen molar-refractivity contribution in [2.24, 2.45) is 5.84 Å². The van der Waals surface area contributed by atoms with Gasteiger partial charge in [-0.3, -0.25) is 15.5 Å². The number of nitrogens with zero attached hydrogens (tertiary/aromatic N) is 3. The van der Waals surface area contributed by atoms with E-state index < -0.39 is 0 Å². The molecule has 0 fully saturated rings. The normalized spacial score (nSPS) is 12.6. The summed E-state index contributed by atoms with van der Waals surface area (Å²) in [5.74, 6) is 5.60. The Labute approximate surface area is 111 Å². The molecule has 2 aromatic rings. The van der Waals surface area contributed by atoms with E-state index in [4.69, 9.17) is 17.4 Å². The maximum atomic E-state index is 5.82. The summed E-state index contributed by atoms with van der Waals surface area (Å²) in [6.07, 6.45) is 6.43. The number of hydrogen-bond acceptors (Lipinski definition) is 4. The Morgan fingerprint density at radius 2 is 2.28 bits per heavy atom. The Hall–Kier alpha value is -1.43. The van der Waals surface area contributed by atoms with Crippen LogP contribution in [0.2, 0.25) is 5.02 Å². The summed E-state index contributed by atoms with van der Waals surface area (Å²) >= 11 is 5.82. The van der Waals surface area contributed by atoms with Gasteiger partial charge in [0, 0.05) is 24.5 Å². The van der Waals surface area contributed by atoms with Crippen LogP contribution in [0.1, 0.15) is 30.6 Å². The minimum absolute atomic E-state index is 0.173. The van der Waals surface area contributed by atoms with Crippen molar-refractivity contribution in [2.45, 2.75) is 25.9 Å². The first kappa shape index (κ1) is 13.0. The standard InChI is InChI=1S/C12H16ClN5/c1-2-5-18-8-9(6-16-18)12(17-14)11-4-3-10(13)7-15-11/h3-4,6-8,12,17H,2,5,14H2,1H3. The van der Waals surface area contributed by atoms with Gasteiger partial charge in [0.2, 0.25) is 0 Å². The van der Waals surface area contributed by atoms with E-state index in [0.717, 1.165) is 24.2 Å². The molecule has 3 N–H and O–H groups in total. The highest BCUT2D eigenvalue weighted by Gasteiger charge is 2.15. The number of hydrogen-bond donors (Lipinski definition) is 2. The largest absolute Gasteiger partial charge is 0.272 e. The third-order valence-corrected chi connectivity index (χ3v) is 2.88. The molecule has 0 saturated carbocycles. The smallest absolute Gasteiger partial charge is 0.0911 e. The van der Waals surface area contributed by atoms with Gasteiger partial charge >= 0.3 is 0 Å². The summed E-state index contributed by atoms with van der Waals surface area (Å²) in [5, 5.41) is 4.89. The lowest BCUT2D eigenvalue weighted by Crippen LogP contribution is -2.29. The summed E-state index contributed by atoms with van der Waals surface area (Å²) in [6.45, 7) is 3.01. The van der Waals surface area contributed by atoms with E-state index in [9.17, 15) is 0 Å². The van der Waals surface area contributed by atoms with Crippen LogP contribution in [0.25, 0.3) is 0 Å². The Balaban J connectivity index is 2.24. The van der Waals surface area contributed by atoms with Crippen molar-refractivity contribution in [3.05, 3.63) is 47.0 Å².